The largest absolute Gasteiger partial charge is 0.303 e. The molecule has 1 N–H and O–H groups in total. The fraction of sp³-hybridized carbons (Fsp3) is 0.333. The van der Waals surface area contributed by atoms with Gasteiger partial charge < -0.3 is 5.32 Å². The van der Waals surface area contributed by atoms with Crippen LogP contribution in [-0.2, 0) is 0 Å². The third-order valence-corrected chi connectivity index (χ3v) is 3.79. The Morgan fingerprint density at radius 3 is 2.33 bits per heavy atom. The van der Waals surface area contributed by atoms with Crippen molar-refractivity contribution in [2.45, 2.75) is 39.3 Å². The van der Waals surface area contributed by atoms with Crippen LogP contribution >= 0.6 is 0 Å². The molecule has 2 aromatic rings. The zero-order chi connectivity index (χ0) is 15.4. The molecule has 112 valence electrons. The Hall–Kier alpha value is -1.74. The summed E-state index contributed by atoms with van der Waals surface area (Å²) in [5.41, 5.74) is 2.73. The van der Waals surface area contributed by atoms with E-state index < -0.39 is 11.6 Å². The van der Waals surface area contributed by atoms with Crippen molar-refractivity contribution in [1.82, 2.24) is 5.32 Å². The molecule has 0 amide bonds. The molecule has 0 spiro atoms. The first-order valence-corrected chi connectivity index (χ1v) is 7.29. The van der Waals surface area contributed by atoms with Crippen LogP contribution in [0.5, 0.6) is 0 Å². The fourth-order valence-corrected chi connectivity index (χ4v) is 2.49. The van der Waals surface area contributed by atoms with Gasteiger partial charge in [-0.25, -0.2) is 8.78 Å². The normalized spacial score (nSPS) is 14.0. The fourth-order valence-electron chi connectivity index (χ4n) is 2.49. The van der Waals surface area contributed by atoms with Crippen LogP contribution in [0.2, 0.25) is 0 Å². The maximum absolute atomic E-state index is 13.8. The summed E-state index contributed by atoms with van der Waals surface area (Å²) in [6, 6.07) is 12.4. The predicted octanol–water partition coefficient (Wildman–Crippen LogP) is 5.08. The summed E-state index contributed by atoms with van der Waals surface area (Å²) in [5.74, 6) is -1.57. The van der Waals surface area contributed by atoms with Crippen LogP contribution < -0.4 is 5.32 Å². The second-order valence-electron chi connectivity index (χ2n) is 5.40. The van der Waals surface area contributed by atoms with E-state index in [1.165, 1.54) is 5.56 Å². The van der Waals surface area contributed by atoms with Crippen LogP contribution in [0.25, 0.3) is 0 Å². The third-order valence-electron chi connectivity index (χ3n) is 3.79. The van der Waals surface area contributed by atoms with Crippen molar-refractivity contribution in [2.24, 2.45) is 0 Å². The molecule has 2 rings (SSSR count). The zero-order valence-electron chi connectivity index (χ0n) is 12.7. The Kier molecular flexibility index (Phi) is 5.07. The van der Waals surface area contributed by atoms with Gasteiger partial charge in [-0.2, -0.15) is 0 Å². The molecule has 0 radical (unpaired) electrons. The summed E-state index contributed by atoms with van der Waals surface area (Å²) < 4.78 is 27.2. The van der Waals surface area contributed by atoms with Crippen molar-refractivity contribution in [3.8, 4) is 0 Å². The van der Waals surface area contributed by atoms with E-state index in [1.54, 1.807) is 12.1 Å². The molecule has 0 fully saturated rings. The predicted molar refractivity (Wildman–Crippen MR) is 82.1 cm³/mol. The summed E-state index contributed by atoms with van der Waals surface area (Å²) in [5, 5.41) is 3.38. The molecule has 2 atom stereocenters. The molecule has 3 heteroatoms. The van der Waals surface area contributed by atoms with Gasteiger partial charge in [0.1, 0.15) is 0 Å². The number of hydrogen-bond acceptors (Lipinski definition) is 1. The van der Waals surface area contributed by atoms with Crippen molar-refractivity contribution in [1.29, 1.82) is 0 Å². The minimum atomic E-state index is -0.801. The van der Waals surface area contributed by atoms with Gasteiger partial charge in [0, 0.05) is 17.6 Å². The monoisotopic (exact) mass is 289 g/mol. The molecule has 2 aromatic carbocycles. The van der Waals surface area contributed by atoms with Crippen LogP contribution in [-0.4, -0.2) is 0 Å². The van der Waals surface area contributed by atoms with E-state index in [-0.39, 0.29) is 12.1 Å². The zero-order valence-corrected chi connectivity index (χ0v) is 12.7. The minimum absolute atomic E-state index is 0.114. The molecular weight excluding hydrogens is 268 g/mol. The lowest BCUT2D eigenvalue weighted by molar-refractivity contribution is 0.428. The average molecular weight is 289 g/mol. The van der Waals surface area contributed by atoms with Gasteiger partial charge in [-0.05, 0) is 31.9 Å². The molecule has 0 saturated carbocycles. The molecular formula is C18H21F2N. The number of nitrogens with one attached hydrogen (secondary N) is 1. The summed E-state index contributed by atoms with van der Waals surface area (Å²) in [6.45, 7) is 5.98. The Morgan fingerprint density at radius 2 is 1.71 bits per heavy atom. The van der Waals surface area contributed by atoms with Gasteiger partial charge >= 0.3 is 0 Å². The van der Waals surface area contributed by atoms with Gasteiger partial charge in [-0.1, -0.05) is 48.9 Å². The highest BCUT2D eigenvalue weighted by Crippen LogP contribution is 2.24. The minimum Gasteiger partial charge on any atom is -0.303 e. The first kappa shape index (κ1) is 15.6. The second-order valence-corrected chi connectivity index (χ2v) is 5.40. The van der Waals surface area contributed by atoms with Crippen LogP contribution in [0.15, 0.2) is 42.5 Å². The van der Waals surface area contributed by atoms with Crippen molar-refractivity contribution in [2.75, 3.05) is 0 Å². The Balaban J connectivity index is 2.18. The SMILES string of the molecule is CCC(NC(C)c1cccc(F)c1F)c1ccc(C)cc1. The number of hydrogen-bond donors (Lipinski definition) is 1. The van der Waals surface area contributed by atoms with Gasteiger partial charge in [-0.3, -0.25) is 0 Å². The lowest BCUT2D eigenvalue weighted by Crippen LogP contribution is -2.25. The van der Waals surface area contributed by atoms with Crippen molar-refractivity contribution < 1.29 is 8.78 Å². The summed E-state index contributed by atoms with van der Waals surface area (Å²) in [7, 11) is 0. The van der Waals surface area contributed by atoms with E-state index in [0.29, 0.717) is 5.56 Å². The molecule has 1 nitrogen and oxygen atoms in total. The van der Waals surface area contributed by atoms with Crippen LogP contribution in [0, 0.1) is 18.6 Å². The highest BCUT2D eigenvalue weighted by atomic mass is 19.2. The van der Waals surface area contributed by atoms with Gasteiger partial charge in [0.15, 0.2) is 11.6 Å². The molecule has 0 saturated heterocycles. The molecule has 0 bridgehead atoms. The van der Waals surface area contributed by atoms with Crippen LogP contribution in [0.4, 0.5) is 8.78 Å². The highest BCUT2D eigenvalue weighted by Gasteiger charge is 2.18. The maximum Gasteiger partial charge on any atom is 0.163 e. The summed E-state index contributed by atoms with van der Waals surface area (Å²) in [6.07, 6.45) is 0.879. The van der Waals surface area contributed by atoms with E-state index in [2.05, 4.69) is 36.5 Å². The number of aryl methyl sites for hydroxylation is 1. The van der Waals surface area contributed by atoms with E-state index >= 15 is 0 Å². The first-order chi connectivity index (χ1) is 10.0. The van der Waals surface area contributed by atoms with E-state index in [0.717, 1.165) is 18.1 Å². The van der Waals surface area contributed by atoms with Crippen molar-refractivity contribution >= 4 is 0 Å². The number of halogens is 2. The van der Waals surface area contributed by atoms with E-state index in [9.17, 15) is 8.78 Å². The van der Waals surface area contributed by atoms with E-state index in [4.69, 9.17) is 0 Å². The summed E-state index contributed by atoms with van der Waals surface area (Å²) in [4.78, 5) is 0. The first-order valence-electron chi connectivity index (χ1n) is 7.29. The van der Waals surface area contributed by atoms with Crippen LogP contribution in [0.1, 0.15) is 49.0 Å². The van der Waals surface area contributed by atoms with Gasteiger partial charge in [0.2, 0.25) is 0 Å². The maximum atomic E-state index is 13.8. The second kappa shape index (κ2) is 6.81. The van der Waals surface area contributed by atoms with E-state index in [1.807, 2.05) is 13.8 Å². The van der Waals surface area contributed by atoms with Crippen molar-refractivity contribution in [3.63, 3.8) is 0 Å². The molecule has 0 aliphatic carbocycles. The van der Waals surface area contributed by atoms with Gasteiger partial charge in [0.25, 0.3) is 0 Å². The molecule has 0 aliphatic heterocycles. The molecule has 0 heterocycles. The standard InChI is InChI=1S/C18H21F2N/c1-4-17(14-10-8-12(2)9-11-14)21-13(3)15-6-5-7-16(19)18(15)20/h5-11,13,17,21H,4H2,1-3H3. The quantitative estimate of drug-likeness (QED) is 0.809. The van der Waals surface area contributed by atoms with Crippen molar-refractivity contribution in [3.05, 3.63) is 70.8 Å². The Bertz CT molecular complexity index is 593. The third kappa shape index (κ3) is 3.67. The Morgan fingerprint density at radius 1 is 1.05 bits per heavy atom. The topological polar surface area (TPSA) is 12.0 Å². The molecule has 21 heavy (non-hydrogen) atoms. The molecule has 0 aliphatic rings. The van der Waals surface area contributed by atoms with Crippen LogP contribution in [0.3, 0.4) is 0 Å². The Labute approximate surface area is 125 Å². The lowest BCUT2D eigenvalue weighted by Gasteiger charge is -2.23. The number of benzene rings is 2. The smallest absolute Gasteiger partial charge is 0.163 e. The molecule has 0 aromatic heterocycles. The van der Waals surface area contributed by atoms with Gasteiger partial charge in [-0.15, -0.1) is 0 Å². The summed E-state index contributed by atoms with van der Waals surface area (Å²) >= 11 is 0. The average Bonchev–Trinajstić information content (AvgIpc) is 2.48. The number of rotatable bonds is 5. The molecule has 2 unspecified atom stereocenters. The lowest BCUT2D eigenvalue weighted by atomic mass is 10.00. The van der Waals surface area contributed by atoms with Gasteiger partial charge in [0.05, 0.1) is 0 Å². The highest BCUT2D eigenvalue weighted by molar-refractivity contribution is 5.26.